The first-order valence-corrected chi connectivity index (χ1v) is 14.0. The number of benzene rings is 1. The highest BCUT2D eigenvalue weighted by molar-refractivity contribution is 6.02. The first-order valence-electron chi connectivity index (χ1n) is 14.0. The number of hydrogen-bond acceptors (Lipinski definition) is 6. The standard InChI is InChI=1S/C29H32F2N4O6/c1-40-23-4-2-3-21-19(23)13-22(34-21)27(38)35-18-5-6-20(29(30,31)14-18)24(35)26(37)33-17(11-15-7-9-32-25(15)36)12-16-8-10-41-28(16)39/h2-4,12-13,15,17-18,20,24,34H,5-11,14H2,1H3,(H,32,36)(H,33,37)/b16-12+/t15-,17-,18-,20-,24+/m1/s1. The Kier molecular flexibility index (Phi) is 6.95. The Labute approximate surface area is 234 Å². The molecule has 3 amide bonds. The summed E-state index contributed by atoms with van der Waals surface area (Å²) in [5, 5.41) is 6.25. The lowest BCUT2D eigenvalue weighted by Crippen LogP contribution is -2.68. The second-order valence-corrected chi connectivity index (χ2v) is 11.3. The van der Waals surface area contributed by atoms with Gasteiger partial charge in [0.25, 0.3) is 11.8 Å². The van der Waals surface area contributed by atoms with Gasteiger partial charge in [-0.2, -0.15) is 0 Å². The molecule has 0 spiro atoms. The van der Waals surface area contributed by atoms with E-state index in [-0.39, 0.29) is 31.0 Å². The number of rotatable bonds is 7. The number of aromatic amines is 1. The van der Waals surface area contributed by atoms with E-state index in [1.807, 2.05) is 0 Å². The van der Waals surface area contributed by atoms with Crippen LogP contribution in [0, 0.1) is 11.8 Å². The fraction of sp³-hybridized carbons (Fsp3) is 0.517. The van der Waals surface area contributed by atoms with E-state index in [1.165, 1.54) is 12.0 Å². The van der Waals surface area contributed by atoms with Crippen LogP contribution in [0.2, 0.25) is 0 Å². The van der Waals surface area contributed by atoms with Gasteiger partial charge in [-0.25, -0.2) is 13.6 Å². The van der Waals surface area contributed by atoms with Gasteiger partial charge in [-0.15, -0.1) is 0 Å². The van der Waals surface area contributed by atoms with Crippen LogP contribution in [-0.2, 0) is 19.1 Å². The molecular formula is C29H32F2N4O6. The third-order valence-corrected chi connectivity index (χ3v) is 8.81. The summed E-state index contributed by atoms with van der Waals surface area (Å²) in [4.78, 5) is 56.6. The Bertz CT molecular complexity index is 1440. The number of nitrogens with one attached hydrogen (secondary N) is 3. The third-order valence-electron chi connectivity index (χ3n) is 8.81. The lowest BCUT2D eigenvalue weighted by atomic mass is 9.71. The third kappa shape index (κ3) is 4.93. The fourth-order valence-corrected chi connectivity index (χ4v) is 6.81. The molecule has 2 aromatic rings. The predicted octanol–water partition coefficient (Wildman–Crippen LogP) is 2.69. The highest BCUT2D eigenvalue weighted by Gasteiger charge is 2.60. The second-order valence-electron chi connectivity index (χ2n) is 11.3. The number of piperidine rings is 2. The number of hydrogen-bond donors (Lipinski definition) is 3. The average Bonchev–Trinajstić information content (AvgIpc) is 3.67. The Balaban J connectivity index is 1.32. The van der Waals surface area contributed by atoms with Gasteiger partial charge in [0.05, 0.1) is 19.6 Å². The molecule has 7 rings (SSSR count). The van der Waals surface area contributed by atoms with Crippen molar-refractivity contribution in [2.75, 3.05) is 20.3 Å². The van der Waals surface area contributed by atoms with Crippen molar-refractivity contribution in [2.24, 2.45) is 11.8 Å². The normalized spacial score (nSPS) is 28.6. The van der Waals surface area contributed by atoms with Crippen molar-refractivity contribution in [2.45, 2.75) is 62.6 Å². The van der Waals surface area contributed by atoms with Crippen LogP contribution in [0.25, 0.3) is 10.9 Å². The van der Waals surface area contributed by atoms with E-state index in [9.17, 15) is 19.2 Å². The highest BCUT2D eigenvalue weighted by Crippen LogP contribution is 2.49. The maximum Gasteiger partial charge on any atom is 0.333 e. The number of H-pyrrole nitrogens is 1. The van der Waals surface area contributed by atoms with Crippen LogP contribution in [0.1, 0.15) is 49.0 Å². The molecule has 218 valence electrons. The SMILES string of the molecule is COc1cccc2[nH]c(C(=O)N3[C@@H]4CC[C@H]([C@H]3C(=O)N[C@@H](/C=C3\CCOC3=O)C[C@H]3CCNC3=O)C(F)(F)C4)cc12. The van der Waals surface area contributed by atoms with E-state index in [1.54, 1.807) is 30.3 Å². The molecule has 5 heterocycles. The Morgan fingerprint density at radius 3 is 2.78 bits per heavy atom. The summed E-state index contributed by atoms with van der Waals surface area (Å²) >= 11 is 0. The summed E-state index contributed by atoms with van der Waals surface area (Å²) in [6.07, 6.45) is 2.61. The largest absolute Gasteiger partial charge is 0.496 e. The number of cyclic esters (lactones) is 1. The molecule has 1 saturated carbocycles. The molecule has 1 aliphatic carbocycles. The van der Waals surface area contributed by atoms with Gasteiger partial charge in [0.1, 0.15) is 17.5 Å². The fourth-order valence-electron chi connectivity index (χ4n) is 6.81. The molecule has 0 unspecified atom stereocenters. The zero-order valence-corrected chi connectivity index (χ0v) is 22.6. The Morgan fingerprint density at radius 1 is 1.27 bits per heavy atom. The number of carbonyl (C=O) groups is 4. The van der Waals surface area contributed by atoms with Gasteiger partial charge in [-0.05, 0) is 43.9 Å². The van der Waals surface area contributed by atoms with E-state index < -0.39 is 60.1 Å². The number of methoxy groups -OCH3 is 1. The second kappa shape index (κ2) is 10.5. The summed E-state index contributed by atoms with van der Waals surface area (Å²) in [7, 11) is 1.52. The van der Waals surface area contributed by atoms with Crippen LogP contribution >= 0.6 is 0 Å². The number of alkyl halides is 2. The number of amides is 3. The topological polar surface area (TPSA) is 130 Å². The quantitative estimate of drug-likeness (QED) is 0.347. The van der Waals surface area contributed by atoms with Crippen LogP contribution < -0.4 is 15.4 Å². The highest BCUT2D eigenvalue weighted by atomic mass is 19.3. The first kappa shape index (κ1) is 27.2. The molecule has 2 bridgehead atoms. The first-order chi connectivity index (χ1) is 19.7. The van der Waals surface area contributed by atoms with Crippen molar-refractivity contribution in [1.29, 1.82) is 0 Å². The van der Waals surface area contributed by atoms with Crippen molar-refractivity contribution in [3.05, 3.63) is 41.6 Å². The molecule has 5 atom stereocenters. The van der Waals surface area contributed by atoms with Gasteiger partial charge in [-0.3, -0.25) is 14.4 Å². The Morgan fingerprint density at radius 2 is 2.10 bits per heavy atom. The van der Waals surface area contributed by atoms with Gasteiger partial charge >= 0.3 is 5.97 Å². The van der Waals surface area contributed by atoms with Gasteiger partial charge in [-0.1, -0.05) is 12.1 Å². The lowest BCUT2D eigenvalue weighted by Gasteiger charge is -2.53. The molecule has 1 aromatic carbocycles. The van der Waals surface area contributed by atoms with Gasteiger partial charge in [0.2, 0.25) is 11.8 Å². The summed E-state index contributed by atoms with van der Waals surface area (Å²) < 4.78 is 40.9. The van der Waals surface area contributed by atoms with Crippen LogP contribution in [0.3, 0.4) is 0 Å². The van der Waals surface area contributed by atoms with E-state index in [2.05, 4.69) is 15.6 Å². The molecule has 3 N–H and O–H groups in total. The van der Waals surface area contributed by atoms with Crippen molar-refractivity contribution in [3.63, 3.8) is 0 Å². The Hall–Kier alpha value is -3.96. The minimum Gasteiger partial charge on any atom is -0.496 e. The zero-order chi connectivity index (χ0) is 28.9. The zero-order valence-electron chi connectivity index (χ0n) is 22.6. The molecular weight excluding hydrogens is 538 g/mol. The number of fused-ring (bicyclic) bond motifs is 4. The predicted molar refractivity (Wildman–Crippen MR) is 142 cm³/mol. The van der Waals surface area contributed by atoms with E-state index in [0.717, 1.165) is 0 Å². The molecule has 41 heavy (non-hydrogen) atoms. The van der Waals surface area contributed by atoms with Crippen LogP contribution in [0.5, 0.6) is 5.75 Å². The molecule has 10 nitrogen and oxygen atoms in total. The lowest BCUT2D eigenvalue weighted by molar-refractivity contribution is -0.179. The molecule has 4 aliphatic heterocycles. The minimum atomic E-state index is -3.13. The molecule has 5 fully saturated rings. The van der Waals surface area contributed by atoms with Gasteiger partial charge < -0.3 is 30.0 Å². The summed E-state index contributed by atoms with van der Waals surface area (Å²) in [6.45, 7) is 0.713. The van der Waals surface area contributed by atoms with Gasteiger partial charge in [0.15, 0.2) is 0 Å². The van der Waals surface area contributed by atoms with Crippen molar-refractivity contribution < 1.29 is 37.4 Å². The van der Waals surface area contributed by atoms with Gasteiger partial charge in [0, 0.05) is 53.9 Å². The van der Waals surface area contributed by atoms with Crippen molar-refractivity contribution in [3.8, 4) is 5.75 Å². The number of aromatic nitrogens is 1. The summed E-state index contributed by atoms with van der Waals surface area (Å²) in [5.74, 6) is -6.28. The maximum absolute atomic E-state index is 15.2. The van der Waals surface area contributed by atoms with Crippen molar-refractivity contribution >= 4 is 34.6 Å². The average molecular weight is 571 g/mol. The van der Waals surface area contributed by atoms with Crippen LogP contribution in [0.4, 0.5) is 8.78 Å². The summed E-state index contributed by atoms with van der Waals surface area (Å²) in [5.41, 5.74) is 1.18. The van der Waals surface area contributed by atoms with Crippen molar-refractivity contribution in [1.82, 2.24) is 20.5 Å². The summed E-state index contributed by atoms with van der Waals surface area (Å²) in [6, 6.07) is 3.89. The van der Waals surface area contributed by atoms with E-state index in [4.69, 9.17) is 9.47 Å². The smallest absolute Gasteiger partial charge is 0.333 e. The number of esters is 1. The molecule has 4 saturated heterocycles. The number of halogens is 2. The van der Waals surface area contributed by atoms with E-state index >= 15 is 8.78 Å². The minimum absolute atomic E-state index is 0.100. The monoisotopic (exact) mass is 570 g/mol. The maximum atomic E-state index is 15.2. The molecule has 5 aliphatic rings. The van der Waals surface area contributed by atoms with E-state index in [0.29, 0.717) is 48.0 Å². The van der Waals surface area contributed by atoms with Crippen LogP contribution in [0.15, 0.2) is 35.9 Å². The number of carbonyl (C=O) groups excluding carboxylic acids is 4. The molecule has 12 heteroatoms. The molecule has 1 aromatic heterocycles. The van der Waals surface area contributed by atoms with Crippen LogP contribution in [-0.4, -0.2) is 77.9 Å². The number of nitrogens with zero attached hydrogens (tertiary/aromatic N) is 1. The number of ether oxygens (including phenoxy) is 2. The molecule has 0 radical (unpaired) electrons.